The van der Waals surface area contributed by atoms with Gasteiger partial charge in [-0.1, -0.05) is 13.3 Å². The third-order valence-electron chi connectivity index (χ3n) is 4.34. The number of likely N-dealkylation sites (N-methyl/N-ethyl adjacent to an activating group) is 1. The Labute approximate surface area is 134 Å². The standard InChI is InChI=1S/C15H25BrN2OS/c1-3-4-13-8-15(11-17,5-6-19-13)18(2)9-14-7-12(16)10-20-14/h7,10,13H,3-6,8-9,11,17H2,1-2H3. The second kappa shape index (κ2) is 7.36. The molecule has 5 heteroatoms. The van der Waals surface area contributed by atoms with Gasteiger partial charge in [0, 0.05) is 40.0 Å². The lowest BCUT2D eigenvalue weighted by Crippen LogP contribution is -2.56. The number of nitrogens with zero attached hydrogens (tertiary/aromatic N) is 1. The highest BCUT2D eigenvalue weighted by atomic mass is 79.9. The van der Waals surface area contributed by atoms with Crippen LogP contribution in [0, 0.1) is 0 Å². The number of thiophene rings is 1. The molecule has 0 bridgehead atoms. The first-order valence-electron chi connectivity index (χ1n) is 7.35. The van der Waals surface area contributed by atoms with E-state index in [0.717, 1.165) is 32.4 Å². The topological polar surface area (TPSA) is 38.5 Å². The van der Waals surface area contributed by atoms with Crippen LogP contribution < -0.4 is 5.73 Å². The predicted octanol–water partition coefficient (Wildman–Crippen LogP) is 3.62. The Morgan fingerprint density at radius 2 is 2.40 bits per heavy atom. The normalized spacial score (nSPS) is 27.1. The minimum absolute atomic E-state index is 0.0918. The molecule has 3 nitrogen and oxygen atoms in total. The molecule has 1 fully saturated rings. The smallest absolute Gasteiger partial charge is 0.0593 e. The van der Waals surface area contributed by atoms with Crippen molar-refractivity contribution in [2.24, 2.45) is 5.73 Å². The van der Waals surface area contributed by atoms with E-state index in [1.165, 1.54) is 15.8 Å². The van der Waals surface area contributed by atoms with Gasteiger partial charge < -0.3 is 10.5 Å². The van der Waals surface area contributed by atoms with Gasteiger partial charge in [0.25, 0.3) is 0 Å². The molecule has 1 aliphatic rings. The molecule has 2 heterocycles. The second-order valence-corrected chi connectivity index (χ2v) is 7.66. The Morgan fingerprint density at radius 1 is 1.60 bits per heavy atom. The predicted molar refractivity (Wildman–Crippen MR) is 89.2 cm³/mol. The highest BCUT2D eigenvalue weighted by Gasteiger charge is 2.39. The van der Waals surface area contributed by atoms with Crippen LogP contribution in [0.25, 0.3) is 0 Å². The molecule has 1 aliphatic heterocycles. The molecule has 0 radical (unpaired) electrons. The average molecular weight is 361 g/mol. The molecule has 0 spiro atoms. The quantitative estimate of drug-likeness (QED) is 0.841. The fraction of sp³-hybridized carbons (Fsp3) is 0.733. The van der Waals surface area contributed by atoms with Gasteiger partial charge in [-0.25, -0.2) is 0 Å². The van der Waals surface area contributed by atoms with Gasteiger partial charge in [-0.3, -0.25) is 4.90 Å². The summed E-state index contributed by atoms with van der Waals surface area (Å²) in [7, 11) is 2.20. The fourth-order valence-corrected chi connectivity index (χ4v) is 4.54. The van der Waals surface area contributed by atoms with Crippen LogP contribution in [0.1, 0.15) is 37.5 Å². The maximum Gasteiger partial charge on any atom is 0.0593 e. The van der Waals surface area contributed by atoms with Gasteiger partial charge in [0.1, 0.15) is 0 Å². The molecule has 0 amide bonds. The van der Waals surface area contributed by atoms with Gasteiger partial charge in [-0.2, -0.15) is 0 Å². The van der Waals surface area contributed by atoms with E-state index in [4.69, 9.17) is 10.5 Å². The van der Waals surface area contributed by atoms with Crippen LogP contribution in [0.5, 0.6) is 0 Å². The van der Waals surface area contributed by atoms with E-state index in [-0.39, 0.29) is 5.54 Å². The third-order valence-corrected chi connectivity index (χ3v) is 6.03. The van der Waals surface area contributed by atoms with Gasteiger partial charge in [0.15, 0.2) is 0 Å². The van der Waals surface area contributed by atoms with Gasteiger partial charge in [0.05, 0.1) is 6.10 Å². The maximum absolute atomic E-state index is 6.15. The molecular weight excluding hydrogens is 336 g/mol. The summed E-state index contributed by atoms with van der Waals surface area (Å²) in [6.07, 6.45) is 4.77. The molecule has 2 unspecified atom stereocenters. The highest BCUT2D eigenvalue weighted by Crippen LogP contribution is 2.33. The Kier molecular flexibility index (Phi) is 6.05. The fourth-order valence-electron chi connectivity index (χ4n) is 3.03. The first kappa shape index (κ1) is 16.4. The Hall–Kier alpha value is 0.0600. The van der Waals surface area contributed by atoms with E-state index >= 15 is 0 Å². The summed E-state index contributed by atoms with van der Waals surface area (Å²) in [5.74, 6) is 0. The van der Waals surface area contributed by atoms with Gasteiger partial charge in [0.2, 0.25) is 0 Å². The molecule has 0 saturated carbocycles. The summed E-state index contributed by atoms with van der Waals surface area (Å²) in [5.41, 5.74) is 6.25. The van der Waals surface area contributed by atoms with Gasteiger partial charge in [-0.05, 0) is 48.3 Å². The van der Waals surface area contributed by atoms with Gasteiger partial charge in [-0.15, -0.1) is 11.3 Å². The lowest BCUT2D eigenvalue weighted by Gasteiger charge is -2.46. The summed E-state index contributed by atoms with van der Waals surface area (Å²) in [5, 5.41) is 2.14. The SMILES string of the molecule is CCCC1CC(CN)(N(C)Cc2cc(Br)cs2)CCO1. The van der Waals surface area contributed by atoms with Crippen molar-refractivity contribution >= 4 is 27.3 Å². The number of halogens is 1. The summed E-state index contributed by atoms with van der Waals surface area (Å²) in [6.45, 7) is 4.72. The molecule has 2 atom stereocenters. The van der Waals surface area contributed by atoms with Crippen LogP contribution in [0.2, 0.25) is 0 Å². The van der Waals surface area contributed by atoms with Crippen molar-refractivity contribution in [3.05, 3.63) is 20.8 Å². The number of nitrogens with two attached hydrogens (primary N) is 1. The van der Waals surface area contributed by atoms with Crippen LogP contribution in [0.3, 0.4) is 0 Å². The molecule has 1 saturated heterocycles. The van der Waals surface area contributed by atoms with E-state index in [2.05, 4.69) is 46.2 Å². The van der Waals surface area contributed by atoms with Crippen molar-refractivity contribution in [3.63, 3.8) is 0 Å². The van der Waals surface area contributed by atoms with Crippen LogP contribution in [0.4, 0.5) is 0 Å². The lowest BCUT2D eigenvalue weighted by atomic mass is 9.84. The first-order valence-corrected chi connectivity index (χ1v) is 9.02. The summed E-state index contributed by atoms with van der Waals surface area (Å²) < 4.78 is 7.06. The summed E-state index contributed by atoms with van der Waals surface area (Å²) >= 11 is 5.33. The van der Waals surface area contributed by atoms with Crippen LogP contribution in [-0.4, -0.2) is 36.7 Å². The van der Waals surface area contributed by atoms with E-state index in [9.17, 15) is 0 Å². The van der Waals surface area contributed by atoms with Crippen molar-refractivity contribution in [2.45, 2.75) is 50.8 Å². The van der Waals surface area contributed by atoms with E-state index in [1.807, 2.05) is 0 Å². The van der Waals surface area contributed by atoms with Crippen LogP contribution in [-0.2, 0) is 11.3 Å². The first-order chi connectivity index (χ1) is 9.59. The Bertz CT molecular complexity index is 424. The van der Waals surface area contributed by atoms with Crippen molar-refractivity contribution in [3.8, 4) is 0 Å². The van der Waals surface area contributed by atoms with Crippen molar-refractivity contribution in [1.82, 2.24) is 4.90 Å². The molecule has 2 N–H and O–H groups in total. The highest BCUT2D eigenvalue weighted by molar-refractivity contribution is 9.10. The van der Waals surface area contributed by atoms with Crippen molar-refractivity contribution < 1.29 is 4.74 Å². The number of rotatable bonds is 6. The zero-order chi connectivity index (χ0) is 14.6. The third kappa shape index (κ3) is 3.83. The zero-order valence-electron chi connectivity index (χ0n) is 12.4. The van der Waals surface area contributed by atoms with Gasteiger partial charge >= 0.3 is 0 Å². The largest absolute Gasteiger partial charge is 0.378 e. The van der Waals surface area contributed by atoms with E-state index in [0.29, 0.717) is 12.6 Å². The second-order valence-electron chi connectivity index (χ2n) is 5.75. The van der Waals surface area contributed by atoms with Crippen LogP contribution in [0.15, 0.2) is 15.9 Å². The minimum Gasteiger partial charge on any atom is -0.378 e. The molecule has 20 heavy (non-hydrogen) atoms. The van der Waals surface area contributed by atoms with Crippen molar-refractivity contribution in [1.29, 1.82) is 0 Å². The number of hydrogen-bond acceptors (Lipinski definition) is 4. The molecule has 0 aliphatic carbocycles. The van der Waals surface area contributed by atoms with E-state index in [1.54, 1.807) is 11.3 Å². The summed E-state index contributed by atoms with van der Waals surface area (Å²) in [4.78, 5) is 3.82. The minimum atomic E-state index is 0.0918. The molecule has 0 aromatic carbocycles. The maximum atomic E-state index is 6.15. The molecular formula is C15H25BrN2OS. The molecule has 1 aromatic rings. The number of hydrogen-bond donors (Lipinski definition) is 1. The average Bonchev–Trinajstić information content (AvgIpc) is 2.84. The van der Waals surface area contributed by atoms with Crippen LogP contribution >= 0.6 is 27.3 Å². The monoisotopic (exact) mass is 360 g/mol. The lowest BCUT2D eigenvalue weighted by molar-refractivity contribution is -0.0688. The molecule has 1 aromatic heterocycles. The zero-order valence-corrected chi connectivity index (χ0v) is 14.8. The number of ether oxygens (including phenoxy) is 1. The summed E-state index contributed by atoms with van der Waals surface area (Å²) in [6, 6.07) is 2.20. The van der Waals surface area contributed by atoms with Crippen molar-refractivity contribution in [2.75, 3.05) is 20.2 Å². The Morgan fingerprint density at radius 3 is 3.00 bits per heavy atom. The Balaban J connectivity index is 2.04. The molecule has 114 valence electrons. The molecule has 2 rings (SSSR count). The van der Waals surface area contributed by atoms with E-state index < -0.39 is 0 Å².